The van der Waals surface area contributed by atoms with Gasteiger partial charge in [0.1, 0.15) is 11.7 Å². The van der Waals surface area contributed by atoms with Crippen LogP contribution in [0.3, 0.4) is 0 Å². The van der Waals surface area contributed by atoms with E-state index in [0.29, 0.717) is 17.0 Å². The Bertz CT molecular complexity index is 975. The summed E-state index contributed by atoms with van der Waals surface area (Å²) in [6, 6.07) is 7.68. The molecule has 0 saturated carbocycles. The molecule has 0 saturated heterocycles. The molecule has 8 nitrogen and oxygen atoms in total. The number of nitrogens with two attached hydrogens (primary N) is 1. The summed E-state index contributed by atoms with van der Waals surface area (Å²) in [6.45, 7) is 0. The number of methoxy groups -OCH3 is 2. The minimum Gasteiger partial charge on any atom is -0.493 e. The molecule has 3 N–H and O–H groups in total. The fourth-order valence-corrected chi connectivity index (χ4v) is 3.21. The van der Waals surface area contributed by atoms with E-state index in [2.05, 4.69) is 5.32 Å². The Balaban J connectivity index is 1.79. The molecule has 2 aromatic carbocycles. The van der Waals surface area contributed by atoms with Gasteiger partial charge in [-0.3, -0.25) is 9.59 Å². The number of primary amides is 1. The zero-order chi connectivity index (χ0) is 20.4. The third kappa shape index (κ3) is 3.59. The van der Waals surface area contributed by atoms with E-state index < -0.39 is 23.9 Å². The first-order chi connectivity index (χ1) is 13.3. The Morgan fingerprint density at radius 2 is 1.96 bits per heavy atom. The van der Waals surface area contributed by atoms with Crippen molar-refractivity contribution in [2.45, 2.75) is 12.5 Å². The fourth-order valence-electron chi connectivity index (χ4n) is 3.00. The van der Waals surface area contributed by atoms with Crippen LogP contribution < -0.4 is 20.5 Å². The molecule has 0 fully saturated rings. The molecule has 9 heteroatoms. The van der Waals surface area contributed by atoms with Crippen molar-refractivity contribution in [1.29, 1.82) is 0 Å². The van der Waals surface area contributed by atoms with Crippen LogP contribution >= 0.6 is 11.6 Å². The first-order valence-electron chi connectivity index (χ1n) is 8.20. The maximum absolute atomic E-state index is 12.4. The normalized spacial score (nSPS) is 14.8. The highest BCUT2D eigenvalue weighted by Crippen LogP contribution is 2.43. The van der Waals surface area contributed by atoms with Crippen molar-refractivity contribution < 1.29 is 28.6 Å². The topological polar surface area (TPSA) is 117 Å². The maximum atomic E-state index is 12.4. The molecule has 0 spiro atoms. The van der Waals surface area contributed by atoms with Crippen LogP contribution in [0.1, 0.15) is 38.8 Å². The minimum absolute atomic E-state index is 0.0916. The predicted octanol–water partition coefficient (Wildman–Crippen LogP) is 2.70. The van der Waals surface area contributed by atoms with E-state index >= 15 is 0 Å². The quantitative estimate of drug-likeness (QED) is 0.715. The minimum atomic E-state index is -0.773. The molecule has 1 aliphatic heterocycles. The molecule has 2 amide bonds. The van der Waals surface area contributed by atoms with Gasteiger partial charge in [-0.1, -0.05) is 17.7 Å². The molecular formula is C19H17ClN2O6. The number of carbonyl (C=O) groups is 3. The molecule has 28 heavy (non-hydrogen) atoms. The Morgan fingerprint density at radius 1 is 1.21 bits per heavy atom. The SMILES string of the molecule is COc1ccc2c(c1OC)C(=O)O[C@H]2CC(=O)Nc1ccc(Cl)c(C(N)=O)c1. The van der Waals surface area contributed by atoms with Gasteiger partial charge in [0.25, 0.3) is 0 Å². The van der Waals surface area contributed by atoms with Gasteiger partial charge in [0.15, 0.2) is 11.5 Å². The number of nitrogens with one attached hydrogen (secondary N) is 1. The third-order valence-corrected chi connectivity index (χ3v) is 4.59. The smallest absolute Gasteiger partial charge is 0.343 e. The lowest BCUT2D eigenvalue weighted by Gasteiger charge is -2.13. The van der Waals surface area contributed by atoms with Gasteiger partial charge < -0.3 is 25.3 Å². The van der Waals surface area contributed by atoms with Crippen molar-refractivity contribution in [2.24, 2.45) is 5.73 Å². The van der Waals surface area contributed by atoms with Gasteiger partial charge >= 0.3 is 5.97 Å². The Morgan fingerprint density at radius 3 is 2.61 bits per heavy atom. The number of carbonyl (C=O) groups excluding carboxylic acids is 3. The fraction of sp³-hybridized carbons (Fsp3) is 0.211. The first-order valence-corrected chi connectivity index (χ1v) is 8.58. The molecule has 2 aromatic rings. The Labute approximate surface area is 165 Å². The van der Waals surface area contributed by atoms with E-state index in [-0.39, 0.29) is 28.3 Å². The highest BCUT2D eigenvalue weighted by molar-refractivity contribution is 6.34. The molecule has 1 heterocycles. The third-order valence-electron chi connectivity index (χ3n) is 4.26. The summed E-state index contributed by atoms with van der Waals surface area (Å²) in [5, 5.41) is 2.82. The lowest BCUT2D eigenvalue weighted by atomic mass is 10.0. The van der Waals surface area contributed by atoms with E-state index in [9.17, 15) is 14.4 Å². The Hall–Kier alpha value is -3.26. The van der Waals surface area contributed by atoms with Crippen LogP contribution in [-0.2, 0) is 9.53 Å². The molecule has 3 rings (SSSR count). The lowest BCUT2D eigenvalue weighted by molar-refractivity contribution is -0.118. The molecule has 0 unspecified atom stereocenters. The molecule has 0 aromatic heterocycles. The van der Waals surface area contributed by atoms with Crippen LogP contribution in [0.4, 0.5) is 5.69 Å². The van der Waals surface area contributed by atoms with Gasteiger partial charge in [-0.25, -0.2) is 4.79 Å². The standard InChI is InChI=1S/C19H17ClN2O6/c1-26-13-6-4-10-14(28-19(25)16(10)17(13)27-2)8-15(23)22-9-3-5-12(20)11(7-9)18(21)24/h3-7,14H,8H2,1-2H3,(H2,21,24)(H,22,23)/t14-/m0/s1. The number of fused-ring (bicyclic) bond motifs is 1. The summed E-state index contributed by atoms with van der Waals surface area (Å²) in [7, 11) is 2.88. The second-order valence-electron chi connectivity index (χ2n) is 5.97. The zero-order valence-corrected chi connectivity index (χ0v) is 15.8. The second-order valence-corrected chi connectivity index (χ2v) is 6.38. The number of hydrogen-bond acceptors (Lipinski definition) is 6. The van der Waals surface area contributed by atoms with E-state index in [1.807, 2.05) is 0 Å². The zero-order valence-electron chi connectivity index (χ0n) is 15.1. The number of anilines is 1. The van der Waals surface area contributed by atoms with E-state index in [4.69, 9.17) is 31.5 Å². The highest BCUT2D eigenvalue weighted by Gasteiger charge is 2.36. The molecule has 1 aliphatic rings. The predicted molar refractivity (Wildman–Crippen MR) is 101 cm³/mol. The van der Waals surface area contributed by atoms with Gasteiger partial charge in [-0.15, -0.1) is 0 Å². The molecule has 1 atom stereocenters. The van der Waals surface area contributed by atoms with E-state index in [1.165, 1.54) is 32.4 Å². The van der Waals surface area contributed by atoms with Crippen LogP contribution in [0.25, 0.3) is 0 Å². The number of esters is 1. The second kappa shape index (κ2) is 7.77. The molecule has 146 valence electrons. The number of hydrogen-bond donors (Lipinski definition) is 2. The van der Waals surface area contributed by atoms with Crippen LogP contribution in [-0.4, -0.2) is 32.0 Å². The summed E-state index contributed by atoms with van der Waals surface area (Å²) in [5.41, 5.74) is 6.46. The van der Waals surface area contributed by atoms with Crippen molar-refractivity contribution in [3.05, 3.63) is 52.0 Å². The number of halogens is 1. The monoisotopic (exact) mass is 404 g/mol. The number of rotatable bonds is 6. The van der Waals surface area contributed by atoms with Gasteiger partial charge in [-0.05, 0) is 24.3 Å². The van der Waals surface area contributed by atoms with Crippen molar-refractivity contribution in [3.63, 3.8) is 0 Å². The van der Waals surface area contributed by atoms with Gasteiger partial charge in [-0.2, -0.15) is 0 Å². The van der Waals surface area contributed by atoms with Gasteiger partial charge in [0.2, 0.25) is 11.8 Å². The largest absolute Gasteiger partial charge is 0.493 e. The van der Waals surface area contributed by atoms with Gasteiger partial charge in [0, 0.05) is 11.3 Å². The molecule has 0 radical (unpaired) electrons. The number of cyclic esters (lactones) is 1. The van der Waals surface area contributed by atoms with Crippen molar-refractivity contribution in [1.82, 2.24) is 0 Å². The average Bonchev–Trinajstić information content (AvgIpc) is 2.97. The van der Waals surface area contributed by atoms with E-state index in [0.717, 1.165) is 0 Å². The van der Waals surface area contributed by atoms with Crippen molar-refractivity contribution in [3.8, 4) is 11.5 Å². The van der Waals surface area contributed by atoms with Gasteiger partial charge in [0.05, 0.1) is 31.2 Å². The van der Waals surface area contributed by atoms with Crippen LogP contribution in [0, 0.1) is 0 Å². The number of amides is 2. The van der Waals surface area contributed by atoms with Crippen LogP contribution in [0.15, 0.2) is 30.3 Å². The summed E-state index contributed by atoms with van der Waals surface area (Å²) in [6.07, 6.45) is -0.895. The van der Waals surface area contributed by atoms with Crippen LogP contribution in [0.5, 0.6) is 11.5 Å². The lowest BCUT2D eigenvalue weighted by Crippen LogP contribution is -2.17. The summed E-state index contributed by atoms with van der Waals surface area (Å²) >= 11 is 5.90. The molecule has 0 bridgehead atoms. The number of ether oxygens (including phenoxy) is 3. The van der Waals surface area contributed by atoms with E-state index in [1.54, 1.807) is 12.1 Å². The maximum Gasteiger partial charge on any atom is 0.343 e. The number of benzene rings is 2. The highest BCUT2D eigenvalue weighted by atomic mass is 35.5. The summed E-state index contributed by atoms with van der Waals surface area (Å²) < 4.78 is 15.8. The summed E-state index contributed by atoms with van der Waals surface area (Å²) in [5.74, 6) is -1.06. The average molecular weight is 405 g/mol. The first kappa shape index (κ1) is 19.5. The summed E-state index contributed by atoms with van der Waals surface area (Å²) in [4.78, 5) is 36.1. The van der Waals surface area contributed by atoms with Crippen LogP contribution in [0.2, 0.25) is 5.02 Å². The Kier molecular flexibility index (Phi) is 5.41. The van der Waals surface area contributed by atoms with Crippen molar-refractivity contribution >= 4 is 35.1 Å². The molecular weight excluding hydrogens is 388 g/mol. The van der Waals surface area contributed by atoms with Crippen molar-refractivity contribution in [2.75, 3.05) is 19.5 Å². The molecule has 0 aliphatic carbocycles.